The van der Waals surface area contributed by atoms with Gasteiger partial charge in [-0.1, -0.05) is 0 Å². The first kappa shape index (κ1) is 23.2. The van der Waals surface area contributed by atoms with Crippen molar-refractivity contribution in [2.75, 3.05) is 39.5 Å². The van der Waals surface area contributed by atoms with Crippen LogP contribution in [0.5, 0.6) is 0 Å². The van der Waals surface area contributed by atoms with Crippen LogP contribution in [0.3, 0.4) is 0 Å². The SMILES string of the molecule is O=C(O)C(F)(F)F.O=C([C@H]1CC[C@@H]2[C@@H](CCN2CC2CCOCC2)O1)N1CCCO1. The summed E-state index contributed by atoms with van der Waals surface area (Å²) in [7, 11) is 0. The van der Waals surface area contributed by atoms with E-state index in [0.717, 1.165) is 51.4 Å². The summed E-state index contributed by atoms with van der Waals surface area (Å²) in [4.78, 5) is 29.3. The summed E-state index contributed by atoms with van der Waals surface area (Å²) < 4.78 is 43.4. The van der Waals surface area contributed by atoms with E-state index < -0.39 is 12.1 Å². The first-order chi connectivity index (χ1) is 14.3. The van der Waals surface area contributed by atoms with E-state index in [2.05, 4.69) is 4.90 Å². The van der Waals surface area contributed by atoms with E-state index in [1.807, 2.05) is 0 Å². The van der Waals surface area contributed by atoms with Crippen LogP contribution in [0.25, 0.3) is 0 Å². The van der Waals surface area contributed by atoms with Gasteiger partial charge in [0.1, 0.15) is 6.10 Å². The van der Waals surface area contributed by atoms with Gasteiger partial charge in [-0.05, 0) is 44.4 Å². The zero-order valence-corrected chi connectivity index (χ0v) is 16.8. The molecule has 0 saturated carbocycles. The van der Waals surface area contributed by atoms with Gasteiger partial charge in [-0.2, -0.15) is 13.2 Å². The largest absolute Gasteiger partial charge is 0.490 e. The van der Waals surface area contributed by atoms with Crippen molar-refractivity contribution in [3.05, 3.63) is 0 Å². The maximum absolute atomic E-state index is 12.4. The van der Waals surface area contributed by atoms with E-state index >= 15 is 0 Å². The molecule has 1 N–H and O–H groups in total. The van der Waals surface area contributed by atoms with Gasteiger partial charge in [0, 0.05) is 32.3 Å². The number of rotatable bonds is 3. The fraction of sp³-hybridized carbons (Fsp3) is 0.895. The fourth-order valence-electron chi connectivity index (χ4n) is 4.47. The molecule has 0 bridgehead atoms. The molecular weight excluding hydrogens is 409 g/mol. The van der Waals surface area contributed by atoms with Gasteiger partial charge in [-0.15, -0.1) is 0 Å². The van der Waals surface area contributed by atoms with Crippen molar-refractivity contribution in [2.45, 2.75) is 63.0 Å². The van der Waals surface area contributed by atoms with Crippen LogP contribution >= 0.6 is 0 Å². The molecule has 0 aromatic heterocycles. The molecule has 30 heavy (non-hydrogen) atoms. The van der Waals surface area contributed by atoms with Gasteiger partial charge in [-0.3, -0.25) is 14.5 Å². The minimum atomic E-state index is -5.08. The summed E-state index contributed by atoms with van der Waals surface area (Å²) in [6.45, 7) is 5.46. The number of alkyl halides is 3. The Hall–Kier alpha value is -1.43. The van der Waals surface area contributed by atoms with Crippen molar-refractivity contribution in [3.63, 3.8) is 0 Å². The lowest BCUT2D eigenvalue weighted by Crippen LogP contribution is -2.49. The molecule has 4 rings (SSSR count). The molecule has 1 amide bonds. The number of ether oxygens (including phenoxy) is 2. The number of carbonyl (C=O) groups is 2. The molecule has 0 aromatic rings. The first-order valence-electron chi connectivity index (χ1n) is 10.5. The second-order valence-corrected chi connectivity index (χ2v) is 8.08. The van der Waals surface area contributed by atoms with E-state index in [0.29, 0.717) is 19.2 Å². The van der Waals surface area contributed by atoms with Gasteiger partial charge in [0.15, 0.2) is 0 Å². The van der Waals surface area contributed by atoms with Crippen molar-refractivity contribution < 1.29 is 42.2 Å². The van der Waals surface area contributed by atoms with E-state index in [4.69, 9.17) is 24.2 Å². The molecule has 3 atom stereocenters. The van der Waals surface area contributed by atoms with Gasteiger partial charge in [0.05, 0.1) is 19.3 Å². The Morgan fingerprint density at radius 3 is 2.30 bits per heavy atom. The van der Waals surface area contributed by atoms with Crippen LogP contribution in [0, 0.1) is 5.92 Å². The number of carboxylic acids is 1. The maximum Gasteiger partial charge on any atom is 0.490 e. The lowest BCUT2D eigenvalue weighted by atomic mass is 9.96. The van der Waals surface area contributed by atoms with E-state index in [1.165, 1.54) is 24.4 Å². The van der Waals surface area contributed by atoms with Crippen LogP contribution in [0.15, 0.2) is 0 Å². The minimum Gasteiger partial charge on any atom is -0.475 e. The van der Waals surface area contributed by atoms with Crippen molar-refractivity contribution in [1.29, 1.82) is 0 Å². The summed E-state index contributed by atoms with van der Waals surface area (Å²) >= 11 is 0. The Kier molecular flexibility index (Phi) is 7.94. The predicted octanol–water partition coefficient (Wildman–Crippen LogP) is 1.83. The van der Waals surface area contributed by atoms with Crippen LogP contribution in [0.1, 0.15) is 38.5 Å². The molecule has 0 aliphatic carbocycles. The van der Waals surface area contributed by atoms with Crippen molar-refractivity contribution in [3.8, 4) is 0 Å². The first-order valence-corrected chi connectivity index (χ1v) is 10.5. The second kappa shape index (κ2) is 10.3. The van der Waals surface area contributed by atoms with Gasteiger partial charge >= 0.3 is 12.1 Å². The predicted molar refractivity (Wildman–Crippen MR) is 97.4 cm³/mol. The number of carboxylic acid groups (broad SMARTS) is 1. The number of amides is 1. The van der Waals surface area contributed by atoms with Crippen LogP contribution < -0.4 is 0 Å². The standard InChI is InChI=1S/C17H28N2O4.C2HF3O2/c20-17(19-7-1-9-22-19)16-3-2-14-15(23-16)4-8-18(14)12-13-5-10-21-11-6-13;3-2(4,5)1(6)7/h13-16H,1-12H2;(H,6,7)/t14-,15-,16-;/m1./s1. The summed E-state index contributed by atoms with van der Waals surface area (Å²) in [6.07, 6.45) is 1.09. The summed E-state index contributed by atoms with van der Waals surface area (Å²) in [5.41, 5.74) is 0. The van der Waals surface area contributed by atoms with Crippen molar-refractivity contribution >= 4 is 11.9 Å². The molecule has 4 fully saturated rings. The molecular formula is C19H29F3N2O6. The number of hydrogen-bond donors (Lipinski definition) is 1. The zero-order chi connectivity index (χ0) is 21.7. The lowest BCUT2D eigenvalue weighted by Gasteiger charge is -2.37. The average Bonchev–Trinajstić information content (AvgIpc) is 3.38. The Labute approximate surface area is 173 Å². The summed E-state index contributed by atoms with van der Waals surface area (Å²) in [5, 5.41) is 8.64. The molecule has 0 unspecified atom stereocenters. The molecule has 4 aliphatic rings. The van der Waals surface area contributed by atoms with Crippen LogP contribution in [0.2, 0.25) is 0 Å². The molecule has 4 saturated heterocycles. The highest BCUT2D eigenvalue weighted by Gasteiger charge is 2.43. The normalized spacial score (nSPS) is 30.5. The number of halogens is 3. The van der Waals surface area contributed by atoms with Gasteiger partial charge < -0.3 is 14.6 Å². The third kappa shape index (κ3) is 6.05. The smallest absolute Gasteiger partial charge is 0.475 e. The Morgan fingerprint density at radius 1 is 1.00 bits per heavy atom. The van der Waals surface area contributed by atoms with Crippen LogP contribution in [0.4, 0.5) is 13.2 Å². The molecule has 0 radical (unpaired) electrons. The quantitative estimate of drug-likeness (QED) is 0.719. The molecule has 11 heteroatoms. The third-order valence-electron chi connectivity index (χ3n) is 6.01. The van der Waals surface area contributed by atoms with E-state index in [9.17, 15) is 18.0 Å². The summed E-state index contributed by atoms with van der Waals surface area (Å²) in [5.74, 6) is -1.96. The number of nitrogens with zero attached hydrogens (tertiary/aromatic N) is 2. The number of hydroxylamine groups is 2. The molecule has 4 aliphatic heterocycles. The topological polar surface area (TPSA) is 88.5 Å². The van der Waals surface area contributed by atoms with Crippen LogP contribution in [-0.2, 0) is 23.9 Å². The Morgan fingerprint density at radius 2 is 1.70 bits per heavy atom. The molecule has 172 valence electrons. The Balaban J connectivity index is 0.000000318. The number of fused-ring (bicyclic) bond motifs is 1. The summed E-state index contributed by atoms with van der Waals surface area (Å²) in [6, 6.07) is 0.501. The molecule has 0 spiro atoms. The van der Waals surface area contributed by atoms with Crippen molar-refractivity contribution in [2.24, 2.45) is 5.92 Å². The second-order valence-electron chi connectivity index (χ2n) is 8.08. The third-order valence-corrected chi connectivity index (χ3v) is 6.01. The van der Waals surface area contributed by atoms with E-state index in [1.54, 1.807) is 0 Å². The number of likely N-dealkylation sites (tertiary alicyclic amines) is 1. The fourth-order valence-corrected chi connectivity index (χ4v) is 4.47. The minimum absolute atomic E-state index is 0.0313. The average molecular weight is 438 g/mol. The lowest BCUT2D eigenvalue weighted by molar-refractivity contribution is -0.192. The number of carbonyl (C=O) groups excluding carboxylic acids is 1. The molecule has 0 aromatic carbocycles. The number of aliphatic carboxylic acids is 1. The van der Waals surface area contributed by atoms with E-state index in [-0.39, 0.29) is 18.1 Å². The Bertz CT molecular complexity index is 593. The van der Waals surface area contributed by atoms with Gasteiger partial charge in [-0.25, -0.2) is 9.86 Å². The van der Waals surface area contributed by atoms with Crippen molar-refractivity contribution in [1.82, 2.24) is 9.96 Å². The molecule has 4 heterocycles. The highest BCUT2D eigenvalue weighted by atomic mass is 19.4. The maximum atomic E-state index is 12.4. The van der Waals surface area contributed by atoms with Crippen LogP contribution in [-0.4, -0.2) is 90.8 Å². The number of hydrogen-bond acceptors (Lipinski definition) is 6. The molecule has 8 nitrogen and oxygen atoms in total. The zero-order valence-electron chi connectivity index (χ0n) is 16.8. The monoisotopic (exact) mass is 438 g/mol. The van der Waals surface area contributed by atoms with Gasteiger partial charge in [0.25, 0.3) is 5.91 Å². The highest BCUT2D eigenvalue weighted by molar-refractivity contribution is 5.80. The highest BCUT2D eigenvalue weighted by Crippen LogP contribution is 2.33. The van der Waals surface area contributed by atoms with Gasteiger partial charge in [0.2, 0.25) is 0 Å².